The van der Waals surface area contributed by atoms with Crippen molar-refractivity contribution >= 4 is 27.3 Å². The Morgan fingerprint density at radius 3 is 2.10 bits per heavy atom. The van der Waals surface area contributed by atoms with Crippen LogP contribution in [-0.4, -0.2) is 28.5 Å². The summed E-state index contributed by atoms with van der Waals surface area (Å²) in [5.74, 6) is 0.758. The highest BCUT2D eigenvalue weighted by molar-refractivity contribution is 7.92. The molecule has 3 aromatic carbocycles. The van der Waals surface area contributed by atoms with Crippen LogP contribution in [0.4, 0.5) is 11.4 Å². The smallest absolute Gasteiger partial charge is 0.262 e. The highest BCUT2D eigenvalue weighted by atomic mass is 32.2. The molecule has 3 rings (SSSR count). The van der Waals surface area contributed by atoms with Gasteiger partial charge in [-0.05, 0) is 60.7 Å². The monoisotopic (exact) mass is 412 g/mol. The number of anilines is 2. The summed E-state index contributed by atoms with van der Waals surface area (Å²) in [4.78, 5) is 12.4. The molecule has 8 heteroatoms. The first kappa shape index (κ1) is 20.2. The van der Waals surface area contributed by atoms with Crippen LogP contribution in [0, 0.1) is 0 Å². The number of amides is 1. The number of benzene rings is 3. The average molecular weight is 412 g/mol. The summed E-state index contributed by atoms with van der Waals surface area (Å²) in [6, 6.07) is 19.3. The van der Waals surface area contributed by atoms with Gasteiger partial charge in [-0.25, -0.2) is 8.42 Å². The zero-order valence-electron chi connectivity index (χ0n) is 15.9. The lowest BCUT2D eigenvalue weighted by atomic mass is 10.2. The molecule has 0 bridgehead atoms. The molecule has 7 nitrogen and oxygen atoms in total. The summed E-state index contributed by atoms with van der Waals surface area (Å²) in [7, 11) is -0.793. The Morgan fingerprint density at radius 2 is 1.48 bits per heavy atom. The number of methoxy groups -OCH3 is 2. The molecule has 3 aromatic rings. The Labute approximate surface area is 169 Å². The maximum absolute atomic E-state index is 12.6. The lowest BCUT2D eigenvalue weighted by molar-refractivity contribution is 0.102. The zero-order valence-corrected chi connectivity index (χ0v) is 16.7. The maximum Gasteiger partial charge on any atom is 0.262 e. The predicted molar refractivity (Wildman–Crippen MR) is 111 cm³/mol. The summed E-state index contributed by atoms with van der Waals surface area (Å²) in [5.41, 5.74) is 1.27. The summed E-state index contributed by atoms with van der Waals surface area (Å²) in [6.45, 7) is 0. The van der Waals surface area contributed by atoms with Crippen molar-refractivity contribution in [1.82, 2.24) is 0 Å². The fourth-order valence-electron chi connectivity index (χ4n) is 2.60. The topological polar surface area (TPSA) is 93.7 Å². The van der Waals surface area contributed by atoms with Gasteiger partial charge in [-0.1, -0.05) is 12.1 Å². The third-order valence-electron chi connectivity index (χ3n) is 4.13. The van der Waals surface area contributed by atoms with E-state index in [2.05, 4.69) is 10.0 Å². The van der Waals surface area contributed by atoms with Crippen LogP contribution in [0.1, 0.15) is 10.4 Å². The summed E-state index contributed by atoms with van der Waals surface area (Å²) in [5, 5.41) is 2.73. The van der Waals surface area contributed by atoms with E-state index in [0.717, 1.165) is 0 Å². The van der Waals surface area contributed by atoms with E-state index in [1.165, 1.54) is 31.4 Å². The van der Waals surface area contributed by atoms with Crippen molar-refractivity contribution in [2.45, 2.75) is 4.90 Å². The summed E-state index contributed by atoms with van der Waals surface area (Å²) < 4.78 is 38.0. The lowest BCUT2D eigenvalue weighted by Crippen LogP contribution is -2.14. The molecule has 29 heavy (non-hydrogen) atoms. The quantitative estimate of drug-likeness (QED) is 0.616. The van der Waals surface area contributed by atoms with Crippen molar-refractivity contribution in [3.8, 4) is 11.5 Å². The first-order chi connectivity index (χ1) is 13.9. The average Bonchev–Trinajstić information content (AvgIpc) is 2.74. The number of carbonyl (C=O) groups excluding carboxylic acids is 1. The van der Waals surface area contributed by atoms with E-state index in [4.69, 9.17) is 9.47 Å². The van der Waals surface area contributed by atoms with Crippen LogP contribution in [-0.2, 0) is 10.0 Å². The number of ether oxygens (including phenoxy) is 2. The van der Waals surface area contributed by atoms with Crippen molar-refractivity contribution in [1.29, 1.82) is 0 Å². The maximum atomic E-state index is 12.6. The molecule has 0 saturated carbocycles. The minimum absolute atomic E-state index is 0.0610. The highest BCUT2D eigenvalue weighted by Crippen LogP contribution is 2.26. The number of carbonyl (C=O) groups is 1. The number of sulfonamides is 1. The van der Waals surface area contributed by atoms with Crippen molar-refractivity contribution in [3.63, 3.8) is 0 Å². The molecule has 0 unspecified atom stereocenters. The van der Waals surface area contributed by atoms with E-state index in [0.29, 0.717) is 28.4 Å². The lowest BCUT2D eigenvalue weighted by Gasteiger charge is -2.12. The molecule has 0 aliphatic carbocycles. The Kier molecular flexibility index (Phi) is 6.04. The Hall–Kier alpha value is -3.52. The third kappa shape index (κ3) is 4.85. The molecular formula is C21H20N2O5S. The van der Waals surface area contributed by atoms with Crippen LogP contribution < -0.4 is 19.5 Å². The van der Waals surface area contributed by atoms with Gasteiger partial charge in [-0.15, -0.1) is 0 Å². The largest absolute Gasteiger partial charge is 0.497 e. The van der Waals surface area contributed by atoms with Gasteiger partial charge in [0.2, 0.25) is 0 Å². The van der Waals surface area contributed by atoms with Gasteiger partial charge in [0, 0.05) is 11.3 Å². The second-order valence-corrected chi connectivity index (χ2v) is 7.70. The first-order valence-corrected chi connectivity index (χ1v) is 10.1. The van der Waals surface area contributed by atoms with Gasteiger partial charge < -0.3 is 14.8 Å². The Morgan fingerprint density at radius 1 is 0.828 bits per heavy atom. The van der Waals surface area contributed by atoms with Crippen LogP contribution in [0.3, 0.4) is 0 Å². The molecule has 0 radical (unpaired) electrons. The number of para-hydroxylation sites is 2. The summed E-state index contributed by atoms with van der Waals surface area (Å²) in [6.07, 6.45) is 0. The van der Waals surface area contributed by atoms with E-state index in [1.54, 1.807) is 55.6 Å². The van der Waals surface area contributed by atoms with Gasteiger partial charge in [-0.2, -0.15) is 0 Å². The van der Waals surface area contributed by atoms with Gasteiger partial charge in [0.25, 0.3) is 15.9 Å². The van der Waals surface area contributed by atoms with Crippen LogP contribution in [0.15, 0.2) is 77.7 Å². The molecule has 0 aliphatic rings. The highest BCUT2D eigenvalue weighted by Gasteiger charge is 2.16. The fraction of sp³-hybridized carbons (Fsp3) is 0.0952. The predicted octanol–water partition coefficient (Wildman–Crippen LogP) is 3.76. The molecule has 0 saturated heterocycles. The third-order valence-corrected chi connectivity index (χ3v) is 5.51. The zero-order chi connectivity index (χ0) is 20.9. The Bertz CT molecular complexity index is 1090. The van der Waals surface area contributed by atoms with Crippen LogP contribution >= 0.6 is 0 Å². The second kappa shape index (κ2) is 8.66. The number of nitrogens with one attached hydrogen (secondary N) is 2. The minimum atomic E-state index is -3.81. The van der Waals surface area contributed by atoms with E-state index < -0.39 is 10.0 Å². The van der Waals surface area contributed by atoms with Crippen LogP contribution in [0.25, 0.3) is 0 Å². The van der Waals surface area contributed by atoms with Gasteiger partial charge in [0.15, 0.2) is 0 Å². The molecule has 0 heterocycles. The van der Waals surface area contributed by atoms with Gasteiger partial charge in [0.05, 0.1) is 24.8 Å². The summed E-state index contributed by atoms with van der Waals surface area (Å²) >= 11 is 0. The normalized spacial score (nSPS) is 10.8. The SMILES string of the molecule is COc1ccc(C(=O)Nc2ccc(S(=O)(=O)Nc3ccccc3OC)cc2)cc1. The number of hydrogen-bond acceptors (Lipinski definition) is 5. The van der Waals surface area contributed by atoms with Gasteiger partial charge >= 0.3 is 0 Å². The fourth-order valence-corrected chi connectivity index (χ4v) is 3.67. The van der Waals surface area contributed by atoms with E-state index in [9.17, 15) is 13.2 Å². The molecule has 0 atom stereocenters. The molecule has 0 fully saturated rings. The van der Waals surface area contributed by atoms with Crippen LogP contribution in [0.5, 0.6) is 11.5 Å². The standard InChI is InChI=1S/C21H20N2O5S/c1-27-17-11-7-15(8-12-17)21(24)22-16-9-13-18(14-10-16)29(25,26)23-19-5-3-4-6-20(19)28-2/h3-14,23H,1-2H3,(H,22,24). The van der Waals surface area contributed by atoms with E-state index in [1.807, 2.05) is 0 Å². The van der Waals surface area contributed by atoms with Crippen LogP contribution in [0.2, 0.25) is 0 Å². The Balaban J connectivity index is 1.72. The van der Waals surface area contributed by atoms with Crippen molar-refractivity contribution in [2.24, 2.45) is 0 Å². The molecule has 0 aliphatic heterocycles. The molecule has 0 aromatic heterocycles. The van der Waals surface area contributed by atoms with Gasteiger partial charge in [-0.3, -0.25) is 9.52 Å². The molecule has 0 spiro atoms. The van der Waals surface area contributed by atoms with E-state index in [-0.39, 0.29) is 10.8 Å². The van der Waals surface area contributed by atoms with Crippen molar-refractivity contribution in [3.05, 3.63) is 78.4 Å². The van der Waals surface area contributed by atoms with Crippen molar-refractivity contribution < 1.29 is 22.7 Å². The molecule has 150 valence electrons. The molecule has 1 amide bonds. The number of hydrogen-bond donors (Lipinski definition) is 2. The van der Waals surface area contributed by atoms with E-state index >= 15 is 0 Å². The molecule has 2 N–H and O–H groups in total. The second-order valence-electron chi connectivity index (χ2n) is 6.01. The number of rotatable bonds is 7. The van der Waals surface area contributed by atoms with Crippen molar-refractivity contribution in [2.75, 3.05) is 24.3 Å². The first-order valence-electron chi connectivity index (χ1n) is 8.64. The van der Waals surface area contributed by atoms with Gasteiger partial charge in [0.1, 0.15) is 11.5 Å². The minimum Gasteiger partial charge on any atom is -0.497 e. The molecular weight excluding hydrogens is 392 g/mol.